The molecule has 84 valence electrons. The molecule has 5 heteroatoms. The highest BCUT2D eigenvalue weighted by Crippen LogP contribution is 2.51. The van der Waals surface area contributed by atoms with Gasteiger partial charge in [-0.1, -0.05) is 6.92 Å². The fraction of sp³-hybridized carbons (Fsp3) is 0.800. The molecule has 2 rings (SSSR count). The van der Waals surface area contributed by atoms with Crippen LogP contribution in [-0.2, 0) is 23.8 Å². The van der Waals surface area contributed by atoms with Gasteiger partial charge in [0.2, 0.25) is 5.60 Å². The molecule has 0 amide bonds. The Morgan fingerprint density at radius 3 is 2.67 bits per heavy atom. The zero-order chi connectivity index (χ0) is 11.3. The summed E-state index contributed by atoms with van der Waals surface area (Å²) < 4.78 is 15.2. The summed E-state index contributed by atoms with van der Waals surface area (Å²) in [5.74, 6) is -0.959. The van der Waals surface area contributed by atoms with E-state index in [9.17, 15) is 9.59 Å². The number of rotatable bonds is 1. The first-order valence-electron chi connectivity index (χ1n) is 4.90. The Bertz CT molecular complexity index is 320. The molecule has 1 spiro atoms. The van der Waals surface area contributed by atoms with Gasteiger partial charge in [0.25, 0.3) is 0 Å². The molecule has 0 radical (unpaired) electrons. The van der Waals surface area contributed by atoms with E-state index < -0.39 is 17.2 Å². The lowest BCUT2D eigenvalue weighted by Crippen LogP contribution is -2.60. The minimum absolute atomic E-state index is 0.0251. The Morgan fingerprint density at radius 1 is 1.60 bits per heavy atom. The lowest BCUT2D eigenvalue weighted by atomic mass is 9.76. The lowest BCUT2D eigenvalue weighted by Gasteiger charge is -2.39. The van der Waals surface area contributed by atoms with Crippen LogP contribution in [-0.4, -0.2) is 36.9 Å². The number of carbonyl (C=O) groups is 2. The van der Waals surface area contributed by atoms with Gasteiger partial charge in [0.15, 0.2) is 0 Å². The van der Waals surface area contributed by atoms with E-state index in [4.69, 9.17) is 9.47 Å². The molecule has 2 aliphatic heterocycles. The monoisotopic (exact) mass is 214 g/mol. The minimum atomic E-state index is -1.30. The normalized spacial score (nSPS) is 43.7. The number of carbonyl (C=O) groups excluding carboxylic acids is 2. The zero-order valence-corrected chi connectivity index (χ0v) is 9.03. The summed E-state index contributed by atoms with van der Waals surface area (Å²) in [5, 5.41) is 0. The van der Waals surface area contributed by atoms with Crippen molar-refractivity contribution in [3.05, 3.63) is 0 Å². The van der Waals surface area contributed by atoms with Gasteiger partial charge in [-0.05, 0) is 6.92 Å². The van der Waals surface area contributed by atoms with Crippen LogP contribution in [0.4, 0.5) is 0 Å². The van der Waals surface area contributed by atoms with Crippen molar-refractivity contribution in [2.75, 3.05) is 13.7 Å². The van der Waals surface area contributed by atoms with Gasteiger partial charge >= 0.3 is 11.9 Å². The van der Waals surface area contributed by atoms with E-state index >= 15 is 0 Å². The maximum Gasteiger partial charge on any atom is 0.353 e. The zero-order valence-electron chi connectivity index (χ0n) is 9.03. The van der Waals surface area contributed by atoms with Crippen molar-refractivity contribution >= 4 is 11.9 Å². The molecule has 5 nitrogen and oxygen atoms in total. The van der Waals surface area contributed by atoms with Gasteiger partial charge < -0.3 is 14.2 Å². The Labute approximate surface area is 87.7 Å². The predicted octanol–water partition coefficient (Wildman–Crippen LogP) is 0.270. The molecule has 0 aliphatic carbocycles. The minimum Gasteiger partial charge on any atom is -0.466 e. The molecule has 2 saturated heterocycles. The van der Waals surface area contributed by atoms with E-state index in [0.29, 0.717) is 6.61 Å². The quantitative estimate of drug-likeness (QED) is 0.463. The van der Waals surface area contributed by atoms with Gasteiger partial charge in [-0.15, -0.1) is 0 Å². The highest BCUT2D eigenvalue weighted by atomic mass is 16.7. The maximum atomic E-state index is 11.7. The van der Waals surface area contributed by atoms with Crippen molar-refractivity contribution in [1.29, 1.82) is 0 Å². The molecular formula is C10H14O5. The fourth-order valence-corrected chi connectivity index (χ4v) is 2.29. The Balaban J connectivity index is 2.35. The smallest absolute Gasteiger partial charge is 0.353 e. The van der Waals surface area contributed by atoms with E-state index in [1.807, 2.05) is 6.92 Å². The van der Waals surface area contributed by atoms with Crippen LogP contribution in [0.15, 0.2) is 0 Å². The lowest BCUT2D eigenvalue weighted by molar-refractivity contribution is -0.200. The van der Waals surface area contributed by atoms with Crippen LogP contribution >= 0.6 is 0 Å². The average molecular weight is 214 g/mol. The van der Waals surface area contributed by atoms with Gasteiger partial charge in [-0.25, -0.2) is 4.79 Å². The molecule has 2 heterocycles. The van der Waals surface area contributed by atoms with Crippen LogP contribution in [0.3, 0.4) is 0 Å². The van der Waals surface area contributed by atoms with Crippen molar-refractivity contribution in [3.8, 4) is 0 Å². The number of cyclic esters (lactones) is 1. The van der Waals surface area contributed by atoms with Crippen molar-refractivity contribution in [1.82, 2.24) is 0 Å². The summed E-state index contributed by atoms with van der Waals surface area (Å²) >= 11 is 0. The van der Waals surface area contributed by atoms with Crippen LogP contribution in [0.5, 0.6) is 0 Å². The highest BCUT2D eigenvalue weighted by molar-refractivity contribution is 5.87. The number of epoxide rings is 1. The molecule has 2 aliphatic rings. The first-order valence-corrected chi connectivity index (χ1v) is 4.90. The van der Waals surface area contributed by atoms with Gasteiger partial charge in [-0.3, -0.25) is 4.79 Å². The molecule has 0 N–H and O–H groups in total. The highest BCUT2D eigenvalue weighted by Gasteiger charge is 2.71. The average Bonchev–Trinajstić information content (AvgIpc) is 2.94. The predicted molar refractivity (Wildman–Crippen MR) is 49.0 cm³/mol. The maximum absolute atomic E-state index is 11.7. The molecule has 0 aromatic rings. The van der Waals surface area contributed by atoms with E-state index in [1.165, 1.54) is 7.11 Å². The number of hydrogen-bond acceptors (Lipinski definition) is 5. The molecule has 3 atom stereocenters. The molecule has 0 unspecified atom stereocenters. The molecule has 15 heavy (non-hydrogen) atoms. The second-order valence-electron chi connectivity index (χ2n) is 4.28. The van der Waals surface area contributed by atoms with Crippen LogP contribution in [0.2, 0.25) is 0 Å². The third kappa shape index (κ3) is 1.19. The van der Waals surface area contributed by atoms with Crippen LogP contribution in [0.25, 0.3) is 0 Å². The van der Waals surface area contributed by atoms with Crippen LogP contribution in [0.1, 0.15) is 20.3 Å². The van der Waals surface area contributed by atoms with E-state index in [-0.39, 0.29) is 18.3 Å². The van der Waals surface area contributed by atoms with E-state index in [0.717, 1.165) is 0 Å². The Kier molecular flexibility index (Phi) is 2.05. The first-order chi connectivity index (χ1) is 6.96. The molecule has 0 saturated carbocycles. The van der Waals surface area contributed by atoms with Crippen LogP contribution in [0, 0.1) is 5.92 Å². The third-order valence-corrected chi connectivity index (χ3v) is 3.42. The SMILES string of the molecule is COC(=O)[C@]1(C)OC(=O)C[C@H](C)[C@@]12CO2. The van der Waals surface area contributed by atoms with Gasteiger partial charge in [0.05, 0.1) is 20.1 Å². The second-order valence-corrected chi connectivity index (χ2v) is 4.28. The topological polar surface area (TPSA) is 65.1 Å². The van der Waals surface area contributed by atoms with Gasteiger partial charge in [-0.2, -0.15) is 0 Å². The third-order valence-electron chi connectivity index (χ3n) is 3.42. The standard InChI is InChI=1S/C10H14O5/c1-6-4-7(11)15-9(2,8(12)13-3)10(6)5-14-10/h6H,4-5H2,1-3H3/t6-,9-,10-/m0/s1. The number of methoxy groups -OCH3 is 1. The second kappa shape index (κ2) is 2.95. The molecule has 0 aromatic heterocycles. The summed E-state index contributed by atoms with van der Waals surface area (Å²) in [4.78, 5) is 23.0. The summed E-state index contributed by atoms with van der Waals surface area (Å²) in [6.45, 7) is 3.88. The fourth-order valence-electron chi connectivity index (χ4n) is 2.29. The summed E-state index contributed by atoms with van der Waals surface area (Å²) in [7, 11) is 1.27. The first kappa shape index (κ1) is 10.4. The molecule has 0 aromatic carbocycles. The van der Waals surface area contributed by atoms with Crippen molar-refractivity contribution < 1.29 is 23.8 Å². The van der Waals surface area contributed by atoms with E-state index in [1.54, 1.807) is 6.92 Å². The van der Waals surface area contributed by atoms with E-state index in [2.05, 4.69) is 4.74 Å². The number of hydrogen-bond donors (Lipinski definition) is 0. The summed E-state index contributed by atoms with van der Waals surface area (Å²) in [6.07, 6.45) is 0.284. The molecular weight excluding hydrogens is 200 g/mol. The van der Waals surface area contributed by atoms with Gasteiger partial charge in [0, 0.05) is 5.92 Å². The molecule has 2 fully saturated rings. The van der Waals surface area contributed by atoms with Crippen molar-refractivity contribution in [3.63, 3.8) is 0 Å². The van der Waals surface area contributed by atoms with Gasteiger partial charge in [0.1, 0.15) is 5.60 Å². The Morgan fingerprint density at radius 2 is 2.20 bits per heavy atom. The summed E-state index contributed by atoms with van der Waals surface area (Å²) in [5.41, 5.74) is -1.97. The van der Waals surface area contributed by atoms with Crippen LogP contribution < -0.4 is 0 Å². The number of ether oxygens (including phenoxy) is 3. The largest absolute Gasteiger partial charge is 0.466 e. The Hall–Kier alpha value is -1.10. The van der Waals surface area contributed by atoms with Crippen molar-refractivity contribution in [2.24, 2.45) is 5.92 Å². The molecule has 0 bridgehead atoms. The van der Waals surface area contributed by atoms with Crippen molar-refractivity contribution in [2.45, 2.75) is 31.5 Å². The number of esters is 2. The summed E-state index contributed by atoms with van der Waals surface area (Å²) in [6, 6.07) is 0.